The number of fused-ring (bicyclic) bond motifs is 3. The van der Waals surface area contributed by atoms with E-state index < -0.39 is 75.4 Å². The van der Waals surface area contributed by atoms with E-state index in [9.17, 15) is 32.4 Å². The molecular formula is C39H50N6O9S. The van der Waals surface area contributed by atoms with Crippen molar-refractivity contribution >= 4 is 45.8 Å². The molecular weight excluding hydrogens is 729 g/mol. The van der Waals surface area contributed by atoms with Gasteiger partial charge in [-0.05, 0) is 76.6 Å². The van der Waals surface area contributed by atoms with Gasteiger partial charge >= 0.3 is 22.4 Å². The summed E-state index contributed by atoms with van der Waals surface area (Å²) in [5.74, 6) is -2.74. The van der Waals surface area contributed by atoms with Crippen LogP contribution >= 0.6 is 0 Å². The summed E-state index contributed by atoms with van der Waals surface area (Å²) in [5, 5.41) is 5.49. The van der Waals surface area contributed by atoms with Gasteiger partial charge in [0.05, 0.1) is 12.2 Å². The number of hydrogen-bond donors (Lipinski definition) is 4. The summed E-state index contributed by atoms with van der Waals surface area (Å²) in [4.78, 5) is 71.7. The Kier molecular flexibility index (Phi) is 11.5. The van der Waals surface area contributed by atoms with Crippen molar-refractivity contribution in [1.82, 2.24) is 25.2 Å². The molecule has 5 atom stereocenters. The second-order valence-corrected chi connectivity index (χ2v) is 17.2. The van der Waals surface area contributed by atoms with Crippen molar-refractivity contribution in [3.63, 3.8) is 0 Å². The number of ether oxygens (including phenoxy) is 2. The second kappa shape index (κ2) is 15.9. The topological polar surface area (TPSA) is 193 Å². The molecule has 0 spiro atoms. The summed E-state index contributed by atoms with van der Waals surface area (Å²) < 4.78 is 42.0. The van der Waals surface area contributed by atoms with E-state index in [1.165, 1.54) is 4.90 Å². The van der Waals surface area contributed by atoms with Gasteiger partial charge in [-0.3, -0.25) is 24.0 Å². The van der Waals surface area contributed by atoms with Crippen LogP contribution in [-0.4, -0.2) is 84.0 Å². The van der Waals surface area contributed by atoms with Crippen molar-refractivity contribution in [3.8, 4) is 0 Å². The highest BCUT2D eigenvalue weighted by atomic mass is 32.2. The maximum atomic E-state index is 14.4. The highest BCUT2D eigenvalue weighted by Crippen LogP contribution is 2.46. The van der Waals surface area contributed by atoms with E-state index in [-0.39, 0.29) is 31.5 Å². The maximum Gasteiger partial charge on any atom is 0.410 e. The number of anilines is 1. The number of rotatable bonds is 6. The molecule has 5 amide bonds. The van der Waals surface area contributed by atoms with Crippen molar-refractivity contribution in [1.29, 1.82) is 0 Å². The quantitative estimate of drug-likeness (QED) is 0.312. The number of nitrogens with zero attached hydrogens (tertiary/aromatic N) is 2. The first-order valence-corrected chi connectivity index (χ1v) is 20.2. The Bertz CT molecular complexity index is 1920. The molecule has 2 aromatic rings. The molecule has 0 bridgehead atoms. The molecule has 4 aliphatic rings. The Hall–Kier alpha value is -5.12. The third-order valence-electron chi connectivity index (χ3n) is 10.2. The summed E-state index contributed by atoms with van der Waals surface area (Å²) >= 11 is 0. The van der Waals surface area contributed by atoms with Crippen LogP contribution in [0.1, 0.15) is 82.4 Å². The van der Waals surface area contributed by atoms with Crippen molar-refractivity contribution in [3.05, 3.63) is 77.4 Å². The van der Waals surface area contributed by atoms with Crippen LogP contribution in [0, 0.1) is 12.8 Å². The molecule has 6 rings (SSSR count). The zero-order valence-corrected chi connectivity index (χ0v) is 32.4. The Balaban J connectivity index is 1.24. The van der Waals surface area contributed by atoms with E-state index in [1.807, 2.05) is 43.3 Å². The summed E-state index contributed by atoms with van der Waals surface area (Å²) in [6, 6.07) is 12.0. The molecule has 4 N–H and O–H groups in total. The van der Waals surface area contributed by atoms with Crippen LogP contribution in [0.15, 0.2) is 60.7 Å². The van der Waals surface area contributed by atoms with Gasteiger partial charge < -0.3 is 25.0 Å². The highest BCUT2D eigenvalue weighted by Gasteiger charge is 2.61. The van der Waals surface area contributed by atoms with E-state index in [0.29, 0.717) is 25.9 Å². The lowest BCUT2D eigenvalue weighted by Crippen LogP contribution is -2.58. The summed E-state index contributed by atoms with van der Waals surface area (Å²) in [6.45, 7) is 7.53. The van der Waals surface area contributed by atoms with Crippen molar-refractivity contribution in [2.45, 2.75) is 115 Å². The largest absolute Gasteiger partial charge is 0.444 e. The standard InChI is InChI=1S/C39H50N6O9S/c1-25-16-18-29(19-17-25)42-55(51,52)43-35(48)39-21-28(39)14-8-6-5-7-9-15-31(40-36(49)54-38(2,3)4)34(47)45-24-30(20-32(45)33(46)41-39)53-37(50)44-22-26-12-10-11-13-27(26)23-44/h8,10-14,16-19,28,30-32,42H,5-7,9,15,20-24H2,1-4H3,(H,40,49)(H,41,46)(H,43,48)/b14-8-/t28-,30+,31-,32-,39+/m0/s1. The highest BCUT2D eigenvalue weighted by molar-refractivity contribution is 7.91. The van der Waals surface area contributed by atoms with Crippen molar-refractivity contribution < 1.29 is 41.9 Å². The minimum Gasteiger partial charge on any atom is -0.444 e. The Morgan fingerprint density at radius 3 is 2.33 bits per heavy atom. The van der Waals surface area contributed by atoms with Gasteiger partial charge in [-0.1, -0.05) is 67.0 Å². The average Bonchev–Trinajstić information content (AvgIpc) is 3.41. The van der Waals surface area contributed by atoms with Gasteiger partial charge in [0.25, 0.3) is 5.91 Å². The minimum absolute atomic E-state index is 0.0885. The smallest absolute Gasteiger partial charge is 0.410 e. The average molecular weight is 779 g/mol. The fraction of sp³-hybridized carbons (Fsp3) is 0.513. The number of carbonyl (C=O) groups excluding carboxylic acids is 5. The predicted molar refractivity (Wildman–Crippen MR) is 202 cm³/mol. The first kappa shape index (κ1) is 39.6. The van der Waals surface area contributed by atoms with E-state index in [4.69, 9.17) is 9.47 Å². The van der Waals surface area contributed by atoms with Gasteiger partial charge in [0.2, 0.25) is 11.8 Å². The number of carbonyl (C=O) groups is 5. The molecule has 296 valence electrons. The predicted octanol–water partition coefficient (Wildman–Crippen LogP) is 4.18. The lowest BCUT2D eigenvalue weighted by Gasteiger charge is -2.30. The number of alkyl carbamates (subject to hydrolysis) is 1. The molecule has 1 saturated heterocycles. The minimum atomic E-state index is -4.40. The molecule has 2 aromatic carbocycles. The van der Waals surface area contributed by atoms with Crippen LogP contribution in [-0.2, 0) is 47.2 Å². The zero-order valence-electron chi connectivity index (χ0n) is 31.6. The molecule has 16 heteroatoms. The SMILES string of the molecule is Cc1ccc(NS(=O)(=O)NC(=O)[C@@]23C[C@@H]2/C=C\CCCCC[C@H](NC(=O)OC(C)(C)C)C(=O)N2C[C@H](OC(=O)N4Cc5ccccc5C4)C[C@H]2C(=O)N3)cc1. The first-order valence-electron chi connectivity index (χ1n) is 18.7. The van der Waals surface area contributed by atoms with E-state index in [2.05, 4.69) is 20.1 Å². The number of amides is 5. The molecule has 0 unspecified atom stereocenters. The van der Waals surface area contributed by atoms with Gasteiger partial charge in [-0.2, -0.15) is 8.42 Å². The third-order valence-corrected chi connectivity index (χ3v) is 11.2. The second-order valence-electron chi connectivity index (χ2n) is 15.8. The normalized spacial score (nSPS) is 26.2. The van der Waals surface area contributed by atoms with Crippen LogP contribution in [0.3, 0.4) is 0 Å². The fourth-order valence-electron chi connectivity index (χ4n) is 7.31. The summed E-state index contributed by atoms with van der Waals surface area (Å²) in [6.07, 6.45) is 4.44. The van der Waals surface area contributed by atoms with Crippen LogP contribution in [0.5, 0.6) is 0 Å². The number of allylic oxidation sites excluding steroid dienone is 1. The Morgan fingerprint density at radius 1 is 0.964 bits per heavy atom. The summed E-state index contributed by atoms with van der Waals surface area (Å²) in [5.41, 5.74) is 0.697. The lowest BCUT2D eigenvalue weighted by molar-refractivity contribution is -0.141. The van der Waals surface area contributed by atoms with Crippen molar-refractivity contribution in [2.24, 2.45) is 5.92 Å². The molecule has 0 radical (unpaired) electrons. The molecule has 55 heavy (non-hydrogen) atoms. The number of aryl methyl sites for hydroxylation is 1. The van der Waals surface area contributed by atoms with E-state index >= 15 is 0 Å². The first-order chi connectivity index (χ1) is 26.0. The van der Waals surface area contributed by atoms with Crippen LogP contribution in [0.4, 0.5) is 15.3 Å². The van der Waals surface area contributed by atoms with E-state index in [0.717, 1.165) is 29.5 Å². The van der Waals surface area contributed by atoms with Crippen LogP contribution in [0.2, 0.25) is 0 Å². The molecule has 15 nitrogen and oxygen atoms in total. The third kappa shape index (κ3) is 9.77. The Morgan fingerprint density at radius 2 is 1.65 bits per heavy atom. The van der Waals surface area contributed by atoms with Gasteiger partial charge in [-0.15, -0.1) is 0 Å². The molecule has 3 heterocycles. The van der Waals surface area contributed by atoms with Crippen LogP contribution in [0.25, 0.3) is 0 Å². The monoisotopic (exact) mass is 778 g/mol. The number of benzene rings is 2. The molecule has 2 fully saturated rings. The molecule has 1 saturated carbocycles. The summed E-state index contributed by atoms with van der Waals surface area (Å²) in [7, 11) is -4.40. The molecule has 1 aliphatic carbocycles. The number of nitrogens with one attached hydrogen (secondary N) is 4. The molecule has 0 aromatic heterocycles. The van der Waals surface area contributed by atoms with Crippen molar-refractivity contribution in [2.75, 3.05) is 11.3 Å². The fourth-order valence-corrected chi connectivity index (χ4v) is 8.23. The lowest BCUT2D eigenvalue weighted by atomic mass is 10.0. The van der Waals surface area contributed by atoms with Crippen LogP contribution < -0.4 is 20.1 Å². The van der Waals surface area contributed by atoms with Gasteiger partial charge in [0.15, 0.2) is 0 Å². The Labute approximate surface area is 321 Å². The maximum absolute atomic E-state index is 14.4. The van der Waals surface area contributed by atoms with Gasteiger partial charge in [0.1, 0.15) is 29.3 Å². The van der Waals surface area contributed by atoms with Gasteiger partial charge in [-0.25, -0.2) is 14.3 Å². The van der Waals surface area contributed by atoms with E-state index in [1.54, 1.807) is 49.9 Å². The molecule has 3 aliphatic heterocycles. The number of hydrogen-bond acceptors (Lipinski definition) is 9. The zero-order chi connectivity index (χ0) is 39.5. The van der Waals surface area contributed by atoms with Gasteiger partial charge in [0, 0.05) is 25.4 Å².